The van der Waals surface area contributed by atoms with Gasteiger partial charge in [-0.3, -0.25) is 14.9 Å². The molecule has 0 bridgehead atoms. The van der Waals surface area contributed by atoms with Crippen LogP contribution in [-0.2, 0) is 0 Å². The van der Waals surface area contributed by atoms with Gasteiger partial charge in [0.1, 0.15) is 0 Å². The number of aryl methyl sites for hydroxylation is 1. The maximum Gasteiger partial charge on any atom is 0.272 e. The predicted octanol–water partition coefficient (Wildman–Crippen LogP) is 3.05. The van der Waals surface area contributed by atoms with E-state index in [2.05, 4.69) is 0 Å². The smallest absolute Gasteiger partial charge is 0.272 e. The van der Waals surface area contributed by atoms with Gasteiger partial charge in [-0.05, 0) is 37.3 Å². The van der Waals surface area contributed by atoms with Crippen LogP contribution in [0, 0.1) is 28.4 Å². The topological polar surface area (TPSA) is 87.2 Å². The molecule has 0 N–H and O–H groups in total. The van der Waals surface area contributed by atoms with Crippen molar-refractivity contribution in [3.8, 4) is 6.07 Å². The largest absolute Gasteiger partial charge is 0.311 e. The minimum absolute atomic E-state index is 0.0225. The number of nitriles is 1. The standard InChI is InChI=1S/C16H13N3O3/c1-11-8-13(6-7-15(11)19(21)22)16(20)18(2)14-5-3-4-12(9-14)10-17/h3-9H,1-2H3. The number of nitro groups is 1. The second kappa shape index (κ2) is 6.06. The van der Waals surface area contributed by atoms with E-state index in [1.807, 2.05) is 6.07 Å². The molecule has 2 rings (SSSR count). The third-order valence-electron chi connectivity index (χ3n) is 3.31. The normalized spacial score (nSPS) is 9.86. The van der Waals surface area contributed by atoms with Crippen molar-refractivity contribution in [1.82, 2.24) is 0 Å². The molecule has 6 heteroatoms. The van der Waals surface area contributed by atoms with Crippen molar-refractivity contribution in [1.29, 1.82) is 5.26 Å². The Balaban J connectivity index is 2.33. The van der Waals surface area contributed by atoms with Gasteiger partial charge in [-0.1, -0.05) is 6.07 Å². The molecule has 2 aromatic rings. The van der Waals surface area contributed by atoms with E-state index in [4.69, 9.17) is 5.26 Å². The molecule has 0 aliphatic heterocycles. The van der Waals surface area contributed by atoms with Crippen LogP contribution < -0.4 is 4.90 Å². The average Bonchev–Trinajstić information content (AvgIpc) is 2.53. The number of carbonyl (C=O) groups is 1. The van der Waals surface area contributed by atoms with Crippen LogP contribution in [0.3, 0.4) is 0 Å². The lowest BCUT2D eigenvalue weighted by Crippen LogP contribution is -2.26. The number of carbonyl (C=O) groups excluding carboxylic acids is 1. The monoisotopic (exact) mass is 295 g/mol. The number of benzene rings is 2. The fourth-order valence-electron chi connectivity index (χ4n) is 2.09. The zero-order chi connectivity index (χ0) is 16.3. The number of hydrogen-bond donors (Lipinski definition) is 0. The quantitative estimate of drug-likeness (QED) is 0.643. The molecule has 0 heterocycles. The summed E-state index contributed by atoms with van der Waals surface area (Å²) in [7, 11) is 1.59. The molecule has 0 saturated carbocycles. The van der Waals surface area contributed by atoms with Crippen molar-refractivity contribution >= 4 is 17.3 Å². The minimum atomic E-state index is -0.482. The van der Waals surface area contributed by atoms with Crippen LogP contribution in [0.1, 0.15) is 21.5 Å². The van der Waals surface area contributed by atoms with Gasteiger partial charge in [-0.15, -0.1) is 0 Å². The number of hydrogen-bond acceptors (Lipinski definition) is 4. The highest BCUT2D eigenvalue weighted by atomic mass is 16.6. The van der Waals surface area contributed by atoms with Crippen molar-refractivity contribution < 1.29 is 9.72 Å². The SMILES string of the molecule is Cc1cc(C(=O)N(C)c2cccc(C#N)c2)ccc1[N+](=O)[O-]. The first-order chi connectivity index (χ1) is 10.4. The molecule has 0 atom stereocenters. The fourth-order valence-corrected chi connectivity index (χ4v) is 2.09. The molecular weight excluding hydrogens is 282 g/mol. The minimum Gasteiger partial charge on any atom is -0.311 e. The molecule has 0 aliphatic carbocycles. The Morgan fingerprint density at radius 2 is 2.00 bits per heavy atom. The second-order valence-electron chi connectivity index (χ2n) is 4.78. The predicted molar refractivity (Wildman–Crippen MR) is 81.7 cm³/mol. The molecule has 0 unspecified atom stereocenters. The molecule has 110 valence electrons. The van der Waals surface area contributed by atoms with Crippen molar-refractivity contribution in [3.05, 3.63) is 69.3 Å². The Hall–Kier alpha value is -3.20. The lowest BCUT2D eigenvalue weighted by molar-refractivity contribution is -0.385. The Morgan fingerprint density at radius 3 is 2.59 bits per heavy atom. The highest BCUT2D eigenvalue weighted by molar-refractivity contribution is 6.06. The van der Waals surface area contributed by atoms with Crippen molar-refractivity contribution in [2.45, 2.75) is 6.92 Å². The summed E-state index contributed by atoms with van der Waals surface area (Å²) in [5.74, 6) is -0.298. The van der Waals surface area contributed by atoms with Gasteiger partial charge in [-0.2, -0.15) is 5.26 Å². The summed E-state index contributed by atoms with van der Waals surface area (Å²) in [5.41, 5.74) is 1.80. The molecular formula is C16H13N3O3. The molecule has 6 nitrogen and oxygen atoms in total. The zero-order valence-corrected chi connectivity index (χ0v) is 12.1. The lowest BCUT2D eigenvalue weighted by Gasteiger charge is -2.17. The summed E-state index contributed by atoms with van der Waals surface area (Å²) in [4.78, 5) is 24.2. The molecule has 0 radical (unpaired) electrons. The Bertz CT molecular complexity index is 793. The van der Waals surface area contributed by atoms with Gasteiger partial charge in [-0.25, -0.2) is 0 Å². The van der Waals surface area contributed by atoms with E-state index in [1.165, 1.54) is 23.1 Å². The van der Waals surface area contributed by atoms with E-state index in [-0.39, 0.29) is 11.6 Å². The summed E-state index contributed by atoms with van der Waals surface area (Å²) in [6, 6.07) is 12.9. The van der Waals surface area contributed by atoms with Gasteiger partial charge >= 0.3 is 0 Å². The molecule has 0 aromatic heterocycles. The van der Waals surface area contributed by atoms with E-state index in [1.54, 1.807) is 38.2 Å². The van der Waals surface area contributed by atoms with Crippen LogP contribution in [0.4, 0.5) is 11.4 Å². The number of anilines is 1. The first-order valence-electron chi connectivity index (χ1n) is 6.47. The van der Waals surface area contributed by atoms with Gasteiger partial charge in [0.2, 0.25) is 0 Å². The van der Waals surface area contributed by atoms with Crippen LogP contribution in [-0.4, -0.2) is 17.9 Å². The van der Waals surface area contributed by atoms with Crippen molar-refractivity contribution in [3.63, 3.8) is 0 Å². The van der Waals surface area contributed by atoms with Crippen LogP contribution in [0.5, 0.6) is 0 Å². The van der Waals surface area contributed by atoms with Crippen LogP contribution in [0.15, 0.2) is 42.5 Å². The summed E-state index contributed by atoms with van der Waals surface area (Å²) in [5, 5.41) is 19.7. The highest BCUT2D eigenvalue weighted by Gasteiger charge is 2.17. The van der Waals surface area contributed by atoms with Gasteiger partial charge in [0.15, 0.2) is 0 Å². The van der Waals surface area contributed by atoms with Gasteiger partial charge in [0.25, 0.3) is 11.6 Å². The van der Waals surface area contributed by atoms with E-state index in [0.717, 1.165) is 0 Å². The lowest BCUT2D eigenvalue weighted by atomic mass is 10.1. The third-order valence-corrected chi connectivity index (χ3v) is 3.31. The Morgan fingerprint density at radius 1 is 1.27 bits per heavy atom. The maximum absolute atomic E-state index is 12.5. The third kappa shape index (κ3) is 2.94. The Labute approximate surface area is 127 Å². The maximum atomic E-state index is 12.5. The van der Waals surface area contributed by atoms with Gasteiger partial charge in [0.05, 0.1) is 16.6 Å². The van der Waals surface area contributed by atoms with E-state index in [9.17, 15) is 14.9 Å². The number of rotatable bonds is 3. The molecule has 0 aliphatic rings. The first kappa shape index (κ1) is 15.2. The van der Waals surface area contributed by atoms with E-state index in [0.29, 0.717) is 22.4 Å². The van der Waals surface area contributed by atoms with E-state index >= 15 is 0 Å². The van der Waals surface area contributed by atoms with Crippen LogP contribution in [0.25, 0.3) is 0 Å². The summed E-state index contributed by atoms with van der Waals surface area (Å²) in [6.45, 7) is 1.59. The van der Waals surface area contributed by atoms with E-state index < -0.39 is 4.92 Å². The summed E-state index contributed by atoms with van der Waals surface area (Å²) < 4.78 is 0. The number of nitro benzene ring substituents is 1. The average molecular weight is 295 g/mol. The van der Waals surface area contributed by atoms with Crippen LogP contribution in [0.2, 0.25) is 0 Å². The highest BCUT2D eigenvalue weighted by Crippen LogP contribution is 2.22. The zero-order valence-electron chi connectivity index (χ0n) is 12.1. The second-order valence-corrected chi connectivity index (χ2v) is 4.78. The van der Waals surface area contributed by atoms with Crippen molar-refractivity contribution in [2.75, 3.05) is 11.9 Å². The molecule has 22 heavy (non-hydrogen) atoms. The van der Waals surface area contributed by atoms with Gasteiger partial charge in [0, 0.05) is 29.9 Å². The summed E-state index contributed by atoms with van der Waals surface area (Å²) >= 11 is 0. The van der Waals surface area contributed by atoms with Crippen molar-refractivity contribution in [2.24, 2.45) is 0 Å². The summed E-state index contributed by atoms with van der Waals surface area (Å²) in [6.07, 6.45) is 0. The van der Waals surface area contributed by atoms with Crippen LogP contribution >= 0.6 is 0 Å². The number of amides is 1. The molecule has 2 aromatic carbocycles. The molecule has 0 saturated heterocycles. The van der Waals surface area contributed by atoms with Gasteiger partial charge < -0.3 is 4.90 Å². The molecule has 0 spiro atoms. The molecule has 1 amide bonds. The Kier molecular flexibility index (Phi) is 4.18. The fraction of sp³-hybridized carbons (Fsp3) is 0.125. The number of nitrogens with zero attached hydrogens (tertiary/aromatic N) is 3. The first-order valence-corrected chi connectivity index (χ1v) is 6.47. The molecule has 0 fully saturated rings.